The largest absolute Gasteiger partial charge is 0.462 e. The first-order valence-corrected chi connectivity index (χ1v) is 9.82. The van der Waals surface area contributed by atoms with Gasteiger partial charge in [0.05, 0.1) is 23.4 Å². The molecule has 0 radical (unpaired) electrons. The summed E-state index contributed by atoms with van der Waals surface area (Å²) in [7, 11) is 0. The van der Waals surface area contributed by atoms with Gasteiger partial charge in [0, 0.05) is 43.4 Å². The Morgan fingerprint density at radius 3 is 2.66 bits per heavy atom. The number of benzene rings is 2. The van der Waals surface area contributed by atoms with Gasteiger partial charge in [-0.25, -0.2) is 9.59 Å². The Hall–Kier alpha value is -3.32. The summed E-state index contributed by atoms with van der Waals surface area (Å²) >= 11 is 0. The van der Waals surface area contributed by atoms with Crippen molar-refractivity contribution in [3.05, 3.63) is 60.3 Å². The molecule has 1 aromatic heterocycles. The third kappa shape index (κ3) is 3.82. The second kappa shape index (κ2) is 8.36. The highest BCUT2D eigenvalue weighted by molar-refractivity contribution is 6.05. The lowest BCUT2D eigenvalue weighted by Gasteiger charge is -2.30. The minimum absolute atomic E-state index is 0.276. The number of nitrogens with one attached hydrogen (secondary N) is 2. The van der Waals surface area contributed by atoms with Crippen molar-refractivity contribution in [2.24, 2.45) is 0 Å². The van der Waals surface area contributed by atoms with Gasteiger partial charge in [-0.15, -0.1) is 0 Å². The number of amides is 1. The number of aromatic nitrogens is 1. The van der Waals surface area contributed by atoms with Crippen LogP contribution in [0, 0.1) is 0 Å². The number of nitrogens with zero attached hydrogens (tertiary/aromatic N) is 2. The molecule has 150 valence electrons. The molecule has 4 rings (SSSR count). The van der Waals surface area contributed by atoms with Crippen molar-refractivity contribution in [2.45, 2.75) is 6.92 Å². The monoisotopic (exact) mass is 392 g/mol. The van der Waals surface area contributed by atoms with Crippen LogP contribution in [0.15, 0.2) is 54.7 Å². The maximum absolute atomic E-state index is 13.0. The molecule has 2 aromatic carbocycles. The van der Waals surface area contributed by atoms with Gasteiger partial charge in [0.1, 0.15) is 0 Å². The van der Waals surface area contributed by atoms with Crippen LogP contribution in [0.4, 0.5) is 16.2 Å². The van der Waals surface area contributed by atoms with Crippen molar-refractivity contribution < 1.29 is 14.3 Å². The molecule has 0 atom stereocenters. The van der Waals surface area contributed by atoms with Gasteiger partial charge >= 0.3 is 12.0 Å². The Bertz CT molecular complexity index is 1040. The normalized spacial score (nSPS) is 14.0. The number of para-hydroxylation sites is 1. The van der Waals surface area contributed by atoms with Crippen molar-refractivity contribution in [2.75, 3.05) is 43.0 Å². The summed E-state index contributed by atoms with van der Waals surface area (Å²) in [5, 5.41) is 7.23. The minimum Gasteiger partial charge on any atom is -0.462 e. The molecule has 29 heavy (non-hydrogen) atoms. The molecule has 0 unspecified atom stereocenters. The van der Waals surface area contributed by atoms with Crippen molar-refractivity contribution in [3.8, 4) is 0 Å². The zero-order valence-electron chi connectivity index (χ0n) is 16.4. The number of rotatable bonds is 4. The van der Waals surface area contributed by atoms with E-state index in [1.807, 2.05) is 18.2 Å². The molecule has 1 fully saturated rings. The second-order valence-electron chi connectivity index (χ2n) is 6.83. The number of piperazine rings is 1. The molecule has 1 aliphatic heterocycles. The number of ether oxygens (including phenoxy) is 1. The van der Waals surface area contributed by atoms with Gasteiger partial charge in [-0.3, -0.25) is 4.57 Å². The van der Waals surface area contributed by atoms with Gasteiger partial charge in [-0.1, -0.05) is 18.2 Å². The number of hydrogen-bond acceptors (Lipinski definition) is 5. The maximum atomic E-state index is 13.0. The number of fused-ring (bicyclic) bond motifs is 1. The summed E-state index contributed by atoms with van der Waals surface area (Å²) in [5.41, 5.74) is 2.71. The average molecular weight is 392 g/mol. The summed E-state index contributed by atoms with van der Waals surface area (Å²) in [6.45, 7) is 5.79. The van der Waals surface area contributed by atoms with E-state index in [4.69, 9.17) is 4.74 Å². The third-order valence-corrected chi connectivity index (χ3v) is 5.05. The lowest BCUT2D eigenvalue weighted by Crippen LogP contribution is -2.43. The van der Waals surface area contributed by atoms with Gasteiger partial charge in [-0.2, -0.15) is 0 Å². The van der Waals surface area contributed by atoms with Gasteiger partial charge < -0.3 is 20.3 Å². The van der Waals surface area contributed by atoms with Crippen LogP contribution in [0.3, 0.4) is 0 Å². The minimum atomic E-state index is -0.457. The van der Waals surface area contributed by atoms with E-state index >= 15 is 0 Å². The fourth-order valence-electron chi connectivity index (χ4n) is 3.66. The summed E-state index contributed by atoms with van der Waals surface area (Å²) in [4.78, 5) is 27.5. The van der Waals surface area contributed by atoms with E-state index in [0.29, 0.717) is 11.3 Å². The maximum Gasteiger partial charge on any atom is 0.340 e. The van der Waals surface area contributed by atoms with Crippen LogP contribution in [0.25, 0.3) is 10.9 Å². The molecule has 1 saturated heterocycles. The van der Waals surface area contributed by atoms with E-state index in [1.165, 1.54) is 0 Å². The van der Waals surface area contributed by atoms with Gasteiger partial charge in [-0.05, 0) is 37.3 Å². The Morgan fingerprint density at radius 1 is 1.07 bits per heavy atom. The lowest BCUT2D eigenvalue weighted by atomic mass is 10.2. The molecule has 7 heteroatoms. The first-order chi connectivity index (χ1) is 14.2. The number of carbonyl (C=O) groups is 2. The quantitative estimate of drug-likeness (QED) is 0.667. The van der Waals surface area contributed by atoms with Gasteiger partial charge in [0.15, 0.2) is 0 Å². The number of carbonyl (C=O) groups excluding carboxylic acids is 2. The number of esters is 1. The predicted molar refractivity (Wildman–Crippen MR) is 114 cm³/mol. The van der Waals surface area contributed by atoms with Crippen LogP contribution in [0.2, 0.25) is 0 Å². The molecule has 7 nitrogen and oxygen atoms in total. The van der Waals surface area contributed by atoms with E-state index in [0.717, 1.165) is 42.8 Å². The molecule has 0 spiro atoms. The predicted octanol–water partition coefficient (Wildman–Crippen LogP) is 3.31. The highest BCUT2D eigenvalue weighted by Gasteiger charge is 2.18. The van der Waals surface area contributed by atoms with Crippen LogP contribution >= 0.6 is 0 Å². The van der Waals surface area contributed by atoms with Crippen LogP contribution in [-0.2, 0) is 4.74 Å². The SMILES string of the molecule is CCOC(=O)c1ccccc1NC(=O)n1ccc2c(N3CCNCC3)cccc21. The van der Waals surface area contributed by atoms with Crippen molar-refractivity contribution in [1.29, 1.82) is 0 Å². The Balaban J connectivity index is 1.63. The van der Waals surface area contributed by atoms with Crippen LogP contribution in [0.1, 0.15) is 17.3 Å². The van der Waals surface area contributed by atoms with Gasteiger partial charge in [0.25, 0.3) is 0 Å². The number of hydrogen-bond donors (Lipinski definition) is 2. The molecular weight excluding hydrogens is 368 g/mol. The molecule has 0 saturated carbocycles. The summed E-state index contributed by atoms with van der Waals surface area (Å²) in [6, 6.07) is 14.5. The van der Waals surface area contributed by atoms with Crippen molar-refractivity contribution in [3.63, 3.8) is 0 Å². The molecule has 2 heterocycles. The zero-order valence-corrected chi connectivity index (χ0v) is 16.4. The molecule has 0 aliphatic carbocycles. The molecule has 2 N–H and O–H groups in total. The first kappa shape index (κ1) is 19.0. The van der Waals surface area contributed by atoms with Crippen molar-refractivity contribution in [1.82, 2.24) is 9.88 Å². The number of anilines is 2. The lowest BCUT2D eigenvalue weighted by molar-refractivity contribution is 0.0527. The topological polar surface area (TPSA) is 75.6 Å². The van der Waals surface area contributed by atoms with Crippen LogP contribution in [-0.4, -0.2) is 49.4 Å². The first-order valence-electron chi connectivity index (χ1n) is 9.82. The summed E-state index contributed by atoms with van der Waals surface area (Å²) in [6.07, 6.45) is 1.76. The molecule has 1 aliphatic rings. The fraction of sp³-hybridized carbons (Fsp3) is 0.273. The summed E-state index contributed by atoms with van der Waals surface area (Å²) < 4.78 is 6.66. The Kier molecular flexibility index (Phi) is 5.48. The Morgan fingerprint density at radius 2 is 1.86 bits per heavy atom. The van der Waals surface area contributed by atoms with Crippen molar-refractivity contribution >= 4 is 34.3 Å². The molecular formula is C22H24N4O3. The van der Waals surface area contributed by atoms with E-state index in [9.17, 15) is 9.59 Å². The van der Waals surface area contributed by atoms with E-state index < -0.39 is 5.97 Å². The Labute approximate surface area is 169 Å². The fourth-order valence-corrected chi connectivity index (χ4v) is 3.66. The highest BCUT2D eigenvalue weighted by Crippen LogP contribution is 2.28. The van der Waals surface area contributed by atoms with Crippen LogP contribution in [0.5, 0.6) is 0 Å². The zero-order chi connectivity index (χ0) is 20.2. The van der Waals surface area contributed by atoms with E-state index in [1.54, 1.807) is 42.0 Å². The molecule has 0 bridgehead atoms. The molecule has 1 amide bonds. The van der Waals surface area contributed by atoms with Crippen LogP contribution < -0.4 is 15.5 Å². The average Bonchev–Trinajstić information content (AvgIpc) is 3.19. The van der Waals surface area contributed by atoms with E-state index in [-0.39, 0.29) is 12.6 Å². The molecule has 3 aromatic rings. The van der Waals surface area contributed by atoms with E-state index in [2.05, 4.69) is 21.6 Å². The standard InChI is InChI=1S/C22H24N4O3/c1-2-29-21(27)16-6-3-4-7-18(16)24-22(28)26-13-10-17-19(8-5-9-20(17)26)25-14-11-23-12-15-25/h3-10,13,23H,2,11-12,14-15H2,1H3,(H,24,28). The third-order valence-electron chi connectivity index (χ3n) is 5.05. The van der Waals surface area contributed by atoms with Gasteiger partial charge in [0.2, 0.25) is 0 Å². The smallest absolute Gasteiger partial charge is 0.340 e. The highest BCUT2D eigenvalue weighted by atomic mass is 16.5. The second-order valence-corrected chi connectivity index (χ2v) is 6.83. The summed E-state index contributed by atoms with van der Waals surface area (Å²) in [5.74, 6) is -0.457.